The fraction of sp³-hybridized carbons (Fsp3) is 0.591. The van der Waals surface area contributed by atoms with Crippen LogP contribution in [0.4, 0.5) is 0 Å². The molecule has 0 aromatic heterocycles. The number of carbonyl (C=O) groups is 6. The molecule has 0 saturated heterocycles. The van der Waals surface area contributed by atoms with Crippen LogP contribution in [-0.2, 0) is 38.4 Å². The van der Waals surface area contributed by atoms with Gasteiger partial charge in [-0.1, -0.05) is 66.2 Å². The number of hydrogen-bond acceptors (Lipinski definition) is 12. The van der Waals surface area contributed by atoms with Crippen LogP contribution in [0.5, 0.6) is 0 Å². The maximum absolute atomic E-state index is 13.7. The summed E-state index contributed by atoms with van der Waals surface area (Å²) in [4.78, 5) is 73.3. The largest absolute Gasteiger partial charge is 0.478 e. The number of ether oxygens (including phenoxy) is 4. The third-order valence-corrected chi connectivity index (χ3v) is 11.8. The highest BCUT2D eigenvalue weighted by molar-refractivity contribution is 7.91. The number of aromatic carboxylic acids is 2. The molecule has 2 N–H and O–H groups in total. The van der Waals surface area contributed by atoms with Gasteiger partial charge in [0.15, 0.2) is 0 Å². The molecule has 2 aromatic carbocycles. The van der Waals surface area contributed by atoms with Gasteiger partial charge >= 0.3 is 35.8 Å². The van der Waals surface area contributed by atoms with Crippen LogP contribution >= 0.6 is 0 Å². The second kappa shape index (κ2) is 27.1. The number of rotatable bonds is 30. The SMILES string of the molecule is CCCCC(CC)COC(=O)CCCCCOC(=O)c1cc(S(=O)(=O)c2ccc(C(=O)O)c(C(=O)OCCCCCC(=O)OCC(CC)CCCC)c2)ccc1C(=O)O. The fourth-order valence-corrected chi connectivity index (χ4v) is 7.48. The van der Waals surface area contributed by atoms with E-state index in [-0.39, 0.29) is 38.0 Å². The van der Waals surface area contributed by atoms with Crippen molar-refractivity contribution in [2.75, 3.05) is 26.4 Å². The molecule has 0 aliphatic carbocycles. The van der Waals surface area contributed by atoms with Gasteiger partial charge in [0, 0.05) is 12.8 Å². The lowest BCUT2D eigenvalue weighted by atomic mass is 10.0. The quantitative estimate of drug-likeness (QED) is 0.0427. The van der Waals surface area contributed by atoms with Gasteiger partial charge in [0.05, 0.1) is 58.5 Å². The lowest BCUT2D eigenvalue weighted by Crippen LogP contribution is -2.16. The number of hydrogen-bond donors (Lipinski definition) is 2. The highest BCUT2D eigenvalue weighted by Gasteiger charge is 2.27. The van der Waals surface area contributed by atoms with E-state index in [9.17, 15) is 47.4 Å². The molecular weight excluding hydrogens is 785 g/mol. The van der Waals surface area contributed by atoms with Gasteiger partial charge in [-0.15, -0.1) is 0 Å². The van der Waals surface area contributed by atoms with Crippen molar-refractivity contribution in [2.24, 2.45) is 11.8 Å². The van der Waals surface area contributed by atoms with Crippen molar-refractivity contribution < 1.29 is 66.3 Å². The van der Waals surface area contributed by atoms with Crippen LogP contribution < -0.4 is 0 Å². The Labute approximate surface area is 348 Å². The van der Waals surface area contributed by atoms with Gasteiger partial charge in [-0.25, -0.2) is 27.6 Å². The van der Waals surface area contributed by atoms with Crippen molar-refractivity contribution in [1.29, 1.82) is 0 Å². The number of carbonyl (C=O) groups excluding carboxylic acids is 4. The summed E-state index contributed by atoms with van der Waals surface area (Å²) in [6.45, 7) is 8.88. The van der Waals surface area contributed by atoms with Crippen molar-refractivity contribution in [2.45, 2.75) is 140 Å². The van der Waals surface area contributed by atoms with Crippen LogP contribution in [0.15, 0.2) is 46.2 Å². The van der Waals surface area contributed by atoms with Crippen LogP contribution in [0.3, 0.4) is 0 Å². The molecule has 0 amide bonds. The zero-order valence-corrected chi connectivity index (χ0v) is 35.8. The minimum atomic E-state index is -4.54. The second-order valence-electron chi connectivity index (χ2n) is 14.6. The van der Waals surface area contributed by atoms with Gasteiger partial charge < -0.3 is 29.2 Å². The number of unbranched alkanes of at least 4 members (excludes halogenated alkanes) is 6. The van der Waals surface area contributed by atoms with Gasteiger partial charge in [0.25, 0.3) is 0 Å². The molecule has 0 fully saturated rings. The van der Waals surface area contributed by atoms with Crippen molar-refractivity contribution in [3.63, 3.8) is 0 Å². The van der Waals surface area contributed by atoms with E-state index in [1.165, 1.54) is 0 Å². The fourth-order valence-electron chi connectivity index (χ4n) is 6.17. The Morgan fingerprint density at radius 2 is 0.915 bits per heavy atom. The minimum Gasteiger partial charge on any atom is -0.478 e. The normalized spacial score (nSPS) is 12.3. The summed E-state index contributed by atoms with van der Waals surface area (Å²) < 4.78 is 48.8. The Morgan fingerprint density at radius 3 is 1.25 bits per heavy atom. The molecule has 0 heterocycles. The Bertz CT molecular complexity index is 1680. The number of sulfone groups is 1. The number of carboxylic acids is 2. The zero-order chi connectivity index (χ0) is 43.8. The van der Waals surface area contributed by atoms with Crippen LogP contribution in [0.1, 0.15) is 172 Å². The summed E-state index contributed by atoms with van der Waals surface area (Å²) >= 11 is 0. The molecule has 0 saturated carbocycles. The number of carboxylic acid groups (broad SMARTS) is 2. The van der Waals surface area contributed by atoms with Crippen LogP contribution in [0, 0.1) is 11.8 Å². The molecular formula is C44H62O14S. The van der Waals surface area contributed by atoms with E-state index >= 15 is 0 Å². The van der Waals surface area contributed by atoms with Crippen molar-refractivity contribution in [1.82, 2.24) is 0 Å². The maximum atomic E-state index is 13.7. The smallest absolute Gasteiger partial charge is 0.339 e. The van der Waals surface area contributed by atoms with E-state index in [1.807, 2.05) is 0 Å². The predicted octanol–water partition coefficient (Wildman–Crippen LogP) is 8.87. The van der Waals surface area contributed by atoms with Crippen molar-refractivity contribution >= 4 is 45.7 Å². The Balaban J connectivity index is 2.02. The first-order chi connectivity index (χ1) is 28.2. The molecule has 15 heteroatoms. The molecule has 0 spiro atoms. The minimum absolute atomic E-state index is 0.119. The summed E-state index contributed by atoms with van der Waals surface area (Å²) in [5.74, 6) is -5.10. The summed E-state index contributed by atoms with van der Waals surface area (Å²) in [6.07, 6.45) is 11.3. The van der Waals surface area contributed by atoms with Gasteiger partial charge in [0.1, 0.15) is 0 Å². The summed E-state index contributed by atoms with van der Waals surface area (Å²) in [6, 6.07) is 5.56. The molecule has 328 valence electrons. The molecule has 0 aliphatic heterocycles. The molecule has 2 unspecified atom stereocenters. The van der Waals surface area contributed by atoms with Gasteiger partial charge in [-0.2, -0.15) is 0 Å². The predicted molar refractivity (Wildman–Crippen MR) is 218 cm³/mol. The highest BCUT2D eigenvalue weighted by atomic mass is 32.2. The van der Waals surface area contributed by atoms with E-state index in [0.717, 1.165) is 87.8 Å². The van der Waals surface area contributed by atoms with E-state index in [1.54, 1.807) is 0 Å². The Kier molecular flexibility index (Phi) is 23.1. The van der Waals surface area contributed by atoms with Crippen LogP contribution in [0.25, 0.3) is 0 Å². The first-order valence-electron chi connectivity index (χ1n) is 20.8. The second-order valence-corrected chi connectivity index (χ2v) is 16.6. The van der Waals surface area contributed by atoms with Crippen molar-refractivity contribution in [3.8, 4) is 0 Å². The maximum Gasteiger partial charge on any atom is 0.339 e. The number of benzene rings is 2. The molecule has 2 atom stereocenters. The Morgan fingerprint density at radius 1 is 0.525 bits per heavy atom. The van der Waals surface area contributed by atoms with E-state index in [2.05, 4.69) is 27.7 Å². The van der Waals surface area contributed by atoms with E-state index in [4.69, 9.17) is 18.9 Å². The first kappa shape index (κ1) is 50.4. The average Bonchev–Trinajstić information content (AvgIpc) is 3.22. The zero-order valence-electron chi connectivity index (χ0n) is 35.0. The van der Waals surface area contributed by atoms with Gasteiger partial charge in [0.2, 0.25) is 9.84 Å². The molecule has 0 bridgehead atoms. The lowest BCUT2D eigenvalue weighted by Gasteiger charge is -2.14. The topological polar surface area (TPSA) is 214 Å². The monoisotopic (exact) mass is 846 g/mol. The summed E-state index contributed by atoms with van der Waals surface area (Å²) in [5, 5.41) is 19.4. The molecule has 2 aromatic rings. The standard InChI is InChI=1S/C44H62O14S/c1-5-9-17-31(7-3)29-57-39(45)19-13-11-15-25-55-43(51)37-27-33(21-23-35(37)41(47)48)59(53,54)34-22-24-36(42(49)50)38(28-34)44(52)56-26-16-12-14-20-40(46)58-30-32(8-4)18-10-6-2/h21-24,27-28,31-32H,5-20,25-26,29-30H2,1-4H3,(H,47,48)(H,49,50). The average molecular weight is 847 g/mol. The molecule has 0 aliphatic rings. The third kappa shape index (κ3) is 17.5. The van der Waals surface area contributed by atoms with Crippen LogP contribution in [0.2, 0.25) is 0 Å². The summed E-state index contributed by atoms with van der Waals surface area (Å²) in [7, 11) is -4.54. The third-order valence-electron chi connectivity index (χ3n) is 10.1. The van der Waals surface area contributed by atoms with Gasteiger partial charge in [-0.3, -0.25) is 9.59 Å². The highest BCUT2D eigenvalue weighted by Crippen LogP contribution is 2.27. The molecule has 2 rings (SSSR count). The van der Waals surface area contributed by atoms with Crippen molar-refractivity contribution in [3.05, 3.63) is 58.7 Å². The molecule has 59 heavy (non-hydrogen) atoms. The number of esters is 4. The van der Waals surface area contributed by atoms with Gasteiger partial charge in [-0.05, 0) is 99.6 Å². The summed E-state index contributed by atoms with van der Waals surface area (Å²) in [5.41, 5.74) is -2.06. The Hall–Kier alpha value is -4.79. The van der Waals surface area contributed by atoms with E-state index < -0.39 is 65.8 Å². The molecule has 14 nitrogen and oxygen atoms in total. The molecule has 0 radical (unpaired) electrons. The first-order valence-corrected chi connectivity index (χ1v) is 22.3. The van der Waals surface area contributed by atoms with E-state index in [0.29, 0.717) is 63.6 Å². The van der Waals surface area contributed by atoms with Crippen LogP contribution in [-0.4, -0.2) is 80.9 Å². The lowest BCUT2D eigenvalue weighted by molar-refractivity contribution is -0.146.